The molecule has 0 heterocycles. The first-order valence-electron chi connectivity index (χ1n) is 8.33. The molecule has 0 unspecified atom stereocenters. The summed E-state index contributed by atoms with van der Waals surface area (Å²) in [4.78, 5) is 13.2. The summed E-state index contributed by atoms with van der Waals surface area (Å²) in [5, 5.41) is 19.8. The maximum absolute atomic E-state index is 10.9. The number of nitrogens with zero attached hydrogens (tertiary/aromatic N) is 2. The number of ether oxygens (including phenoxy) is 1. The van der Waals surface area contributed by atoms with E-state index < -0.39 is 11.5 Å². The van der Waals surface area contributed by atoms with Gasteiger partial charge in [0.05, 0.1) is 18.7 Å². The van der Waals surface area contributed by atoms with E-state index in [1.807, 2.05) is 12.1 Å². The van der Waals surface area contributed by atoms with Crippen molar-refractivity contribution in [3.63, 3.8) is 0 Å². The number of aliphatic carboxylic acids is 1. The van der Waals surface area contributed by atoms with Crippen molar-refractivity contribution in [1.29, 1.82) is 5.26 Å². The Kier molecular flexibility index (Phi) is 12.1. The third kappa shape index (κ3) is 7.52. The first-order valence-corrected chi connectivity index (χ1v) is 8.33. The van der Waals surface area contributed by atoms with Crippen molar-refractivity contribution in [2.45, 2.75) is 39.5 Å². The Morgan fingerprint density at radius 2 is 1.88 bits per heavy atom. The molecule has 5 nitrogen and oxygen atoms in total. The summed E-state index contributed by atoms with van der Waals surface area (Å²) in [6, 6.07) is 7.23. The van der Waals surface area contributed by atoms with Gasteiger partial charge in [-0.15, -0.1) is 0 Å². The van der Waals surface area contributed by atoms with Crippen molar-refractivity contribution in [2.75, 3.05) is 25.1 Å². The Morgan fingerprint density at radius 1 is 1.28 bits per heavy atom. The summed E-state index contributed by atoms with van der Waals surface area (Å²) in [6.07, 6.45) is 5.74. The molecule has 0 saturated carbocycles. The van der Waals surface area contributed by atoms with Crippen molar-refractivity contribution in [2.24, 2.45) is 0 Å². The molecule has 0 N–H and O–H groups in total. The number of unbranched alkanes of at least 4 members (excludes halogenated alkanes) is 2. The molecule has 0 aliphatic heterocycles. The molecule has 0 atom stereocenters. The number of nitriles is 1. The van der Waals surface area contributed by atoms with E-state index in [2.05, 4.69) is 18.7 Å². The SMILES string of the molecule is CCCCN(CCCC)c1ccc(/C=C(\C#N)C(=O)[O-])c(OC)c1.[Na+]. The largest absolute Gasteiger partial charge is 1.00 e. The summed E-state index contributed by atoms with van der Waals surface area (Å²) in [7, 11) is 1.53. The number of methoxy groups -OCH3 is 1. The van der Waals surface area contributed by atoms with Crippen LogP contribution in [-0.4, -0.2) is 26.2 Å². The molecule has 25 heavy (non-hydrogen) atoms. The number of rotatable bonds is 10. The van der Waals surface area contributed by atoms with Crippen molar-refractivity contribution in [1.82, 2.24) is 0 Å². The van der Waals surface area contributed by atoms with E-state index in [-0.39, 0.29) is 29.6 Å². The minimum Gasteiger partial charge on any atom is -0.544 e. The normalized spacial score (nSPS) is 10.6. The Hall–Kier alpha value is -1.48. The molecule has 0 saturated heterocycles. The van der Waals surface area contributed by atoms with Crippen molar-refractivity contribution < 1.29 is 44.2 Å². The summed E-state index contributed by atoms with van der Waals surface area (Å²) in [5.74, 6) is -0.948. The number of carbonyl (C=O) groups is 1. The molecule has 0 amide bonds. The molecule has 0 fully saturated rings. The second-order valence-electron chi connectivity index (χ2n) is 5.58. The van der Waals surface area contributed by atoms with E-state index in [1.165, 1.54) is 13.2 Å². The topological polar surface area (TPSA) is 76.4 Å². The van der Waals surface area contributed by atoms with Gasteiger partial charge in [0, 0.05) is 30.4 Å². The third-order valence-corrected chi connectivity index (χ3v) is 3.79. The van der Waals surface area contributed by atoms with Crippen LogP contribution in [-0.2, 0) is 4.79 Å². The molecular weight excluding hydrogens is 327 g/mol. The van der Waals surface area contributed by atoms with Crippen LogP contribution in [0.2, 0.25) is 0 Å². The van der Waals surface area contributed by atoms with Gasteiger partial charge in [0.1, 0.15) is 11.8 Å². The summed E-state index contributed by atoms with van der Waals surface area (Å²) >= 11 is 0. The van der Waals surface area contributed by atoms with E-state index in [4.69, 9.17) is 10.00 Å². The van der Waals surface area contributed by atoms with Crippen LogP contribution in [0.4, 0.5) is 5.69 Å². The van der Waals surface area contributed by atoms with Gasteiger partial charge in [0.25, 0.3) is 0 Å². The van der Waals surface area contributed by atoms with Crippen LogP contribution in [0.15, 0.2) is 23.8 Å². The Bertz CT molecular complexity index is 616. The molecule has 0 aliphatic carbocycles. The quantitative estimate of drug-likeness (QED) is 0.330. The van der Waals surface area contributed by atoms with Gasteiger partial charge < -0.3 is 19.5 Å². The van der Waals surface area contributed by atoms with Crippen LogP contribution in [0, 0.1) is 11.3 Å². The van der Waals surface area contributed by atoms with Crippen molar-refractivity contribution in [3.8, 4) is 11.8 Å². The Balaban J connectivity index is 0.00000576. The first-order chi connectivity index (χ1) is 11.6. The fraction of sp³-hybridized carbons (Fsp3) is 0.474. The predicted octanol–water partition coefficient (Wildman–Crippen LogP) is -0.237. The smallest absolute Gasteiger partial charge is 0.544 e. The van der Waals surface area contributed by atoms with Crippen LogP contribution < -0.4 is 44.3 Å². The van der Waals surface area contributed by atoms with Gasteiger partial charge in [-0.3, -0.25) is 0 Å². The molecular formula is C19H25N2NaO3. The second kappa shape index (κ2) is 12.8. The molecule has 0 bridgehead atoms. The average molecular weight is 352 g/mol. The fourth-order valence-corrected chi connectivity index (χ4v) is 2.38. The van der Waals surface area contributed by atoms with Gasteiger partial charge in [0.2, 0.25) is 0 Å². The zero-order valence-corrected chi connectivity index (χ0v) is 17.7. The van der Waals surface area contributed by atoms with Gasteiger partial charge in [-0.1, -0.05) is 26.7 Å². The third-order valence-electron chi connectivity index (χ3n) is 3.79. The molecule has 1 rings (SSSR count). The van der Waals surface area contributed by atoms with Crippen LogP contribution >= 0.6 is 0 Å². The molecule has 0 radical (unpaired) electrons. The summed E-state index contributed by atoms with van der Waals surface area (Å²) in [6.45, 7) is 6.26. The van der Waals surface area contributed by atoms with Gasteiger partial charge in [-0.25, -0.2) is 0 Å². The number of hydrogen-bond acceptors (Lipinski definition) is 5. The van der Waals surface area contributed by atoms with E-state index in [9.17, 15) is 9.90 Å². The van der Waals surface area contributed by atoms with E-state index in [0.29, 0.717) is 11.3 Å². The van der Waals surface area contributed by atoms with E-state index >= 15 is 0 Å². The minimum atomic E-state index is -1.49. The van der Waals surface area contributed by atoms with E-state index in [0.717, 1.165) is 44.5 Å². The minimum absolute atomic E-state index is 0. The van der Waals surface area contributed by atoms with E-state index in [1.54, 1.807) is 12.1 Å². The number of carbonyl (C=O) groups excluding carboxylic acids is 1. The van der Waals surface area contributed by atoms with Gasteiger partial charge in [-0.2, -0.15) is 5.26 Å². The zero-order chi connectivity index (χ0) is 17.9. The number of hydrogen-bond donors (Lipinski definition) is 0. The first kappa shape index (κ1) is 23.5. The molecule has 0 aliphatic rings. The summed E-state index contributed by atoms with van der Waals surface area (Å²) in [5.41, 5.74) is 1.17. The predicted molar refractivity (Wildman–Crippen MR) is 93.6 cm³/mol. The number of carboxylic acid groups (broad SMARTS) is 1. The average Bonchev–Trinajstić information content (AvgIpc) is 2.59. The molecule has 6 heteroatoms. The maximum Gasteiger partial charge on any atom is 1.00 e. The van der Waals surface area contributed by atoms with Gasteiger partial charge in [-0.05, 0) is 31.1 Å². The van der Waals surface area contributed by atoms with Crippen molar-refractivity contribution >= 4 is 17.7 Å². The molecule has 1 aromatic rings. The van der Waals surface area contributed by atoms with Gasteiger partial charge in [0.15, 0.2) is 0 Å². The zero-order valence-electron chi connectivity index (χ0n) is 15.7. The molecule has 0 spiro atoms. The van der Waals surface area contributed by atoms with Crippen LogP contribution in [0.25, 0.3) is 6.08 Å². The number of carboxylic acids is 1. The second-order valence-corrected chi connectivity index (χ2v) is 5.58. The van der Waals surface area contributed by atoms with Crippen LogP contribution in [0.5, 0.6) is 5.75 Å². The fourth-order valence-electron chi connectivity index (χ4n) is 2.38. The molecule has 1 aromatic carbocycles. The summed E-state index contributed by atoms with van der Waals surface area (Å²) < 4.78 is 5.38. The number of benzene rings is 1. The Morgan fingerprint density at radius 3 is 2.32 bits per heavy atom. The monoisotopic (exact) mass is 352 g/mol. The van der Waals surface area contributed by atoms with Gasteiger partial charge >= 0.3 is 29.6 Å². The van der Waals surface area contributed by atoms with Crippen LogP contribution in [0.1, 0.15) is 45.1 Å². The Labute approximate surface area is 172 Å². The number of anilines is 1. The molecule has 0 aromatic heterocycles. The van der Waals surface area contributed by atoms with Crippen LogP contribution in [0.3, 0.4) is 0 Å². The molecule has 130 valence electrons. The maximum atomic E-state index is 10.9. The van der Waals surface area contributed by atoms with Crippen molar-refractivity contribution in [3.05, 3.63) is 29.3 Å². The standard InChI is InChI=1S/C19H26N2O3.Na/c1-4-6-10-21(11-7-5-2)17-9-8-15(18(13-17)24-3)12-16(14-20)19(22)23;/h8-9,12-13H,4-7,10-11H2,1-3H3,(H,22,23);/q;+1/p-1/b16-12+;.